The number of carbonyl (C=O) groups is 1. The maximum absolute atomic E-state index is 12.8. The van der Waals surface area contributed by atoms with Crippen molar-refractivity contribution in [2.75, 3.05) is 20.1 Å². The van der Waals surface area contributed by atoms with Gasteiger partial charge < -0.3 is 4.90 Å². The van der Waals surface area contributed by atoms with Crippen molar-refractivity contribution in [3.05, 3.63) is 53.9 Å². The number of likely N-dealkylation sites (tertiary alicyclic amines) is 1. The molecule has 1 aromatic heterocycles. The molecule has 1 fully saturated rings. The minimum absolute atomic E-state index is 0.00212. The van der Waals surface area contributed by atoms with Gasteiger partial charge in [0.2, 0.25) is 15.9 Å². The number of carbonyl (C=O) groups excluding carboxylic acids is 1. The highest BCUT2D eigenvalue weighted by molar-refractivity contribution is 7.88. The van der Waals surface area contributed by atoms with Crippen LogP contribution in [0.25, 0.3) is 0 Å². The Hall–Kier alpha value is -2.19. The zero-order valence-electron chi connectivity index (χ0n) is 16.5. The molecule has 2 heterocycles. The van der Waals surface area contributed by atoms with Gasteiger partial charge in [0.05, 0.1) is 11.9 Å². The summed E-state index contributed by atoms with van der Waals surface area (Å²) in [5.41, 5.74) is 1.81. The lowest BCUT2D eigenvalue weighted by molar-refractivity contribution is -0.132. The van der Waals surface area contributed by atoms with Gasteiger partial charge in [0.25, 0.3) is 0 Å². The number of sulfonamides is 1. The fraction of sp³-hybridized carbons (Fsp3) is 0.500. The molecule has 2 aromatic rings. The van der Waals surface area contributed by atoms with Gasteiger partial charge >= 0.3 is 0 Å². The van der Waals surface area contributed by atoms with E-state index >= 15 is 0 Å². The molecule has 1 amide bonds. The molecule has 1 saturated heterocycles. The smallest absolute Gasteiger partial charge is 0.244 e. The Morgan fingerprint density at radius 2 is 1.96 bits per heavy atom. The highest BCUT2D eigenvalue weighted by atomic mass is 32.2. The summed E-state index contributed by atoms with van der Waals surface area (Å²) < 4.78 is 28.8. The van der Waals surface area contributed by atoms with Gasteiger partial charge in [-0.05, 0) is 37.3 Å². The molecule has 3 rings (SSSR count). The summed E-state index contributed by atoms with van der Waals surface area (Å²) in [5.74, 6) is 0.0285. The number of aromatic nitrogens is 2. The zero-order valence-corrected chi connectivity index (χ0v) is 17.3. The molecule has 8 heteroatoms. The van der Waals surface area contributed by atoms with Crippen LogP contribution in [0.2, 0.25) is 0 Å². The summed E-state index contributed by atoms with van der Waals surface area (Å²) in [6.07, 6.45) is 5.78. The van der Waals surface area contributed by atoms with E-state index in [4.69, 9.17) is 0 Å². The number of hydrogen-bond donors (Lipinski definition) is 0. The van der Waals surface area contributed by atoms with Crippen LogP contribution in [0.3, 0.4) is 0 Å². The molecule has 1 aliphatic heterocycles. The summed E-state index contributed by atoms with van der Waals surface area (Å²) in [6.45, 7) is 3.38. The van der Waals surface area contributed by atoms with Crippen LogP contribution in [0.1, 0.15) is 30.4 Å². The largest absolute Gasteiger partial charge is 0.341 e. The van der Waals surface area contributed by atoms with E-state index in [9.17, 15) is 13.2 Å². The Labute approximate surface area is 167 Å². The fourth-order valence-electron chi connectivity index (χ4n) is 3.60. The first-order valence-corrected chi connectivity index (χ1v) is 11.2. The summed E-state index contributed by atoms with van der Waals surface area (Å²) in [7, 11) is -1.74. The van der Waals surface area contributed by atoms with Crippen molar-refractivity contribution >= 4 is 15.9 Å². The van der Waals surface area contributed by atoms with E-state index in [1.165, 1.54) is 4.31 Å². The Balaban J connectivity index is 1.58. The second kappa shape index (κ2) is 8.87. The number of nitrogens with zero attached hydrogens (tertiary/aromatic N) is 4. The van der Waals surface area contributed by atoms with Crippen LogP contribution in [0.4, 0.5) is 0 Å². The number of hydrogen-bond acceptors (Lipinski definition) is 4. The van der Waals surface area contributed by atoms with E-state index < -0.39 is 10.0 Å². The van der Waals surface area contributed by atoms with Crippen LogP contribution >= 0.6 is 0 Å². The quantitative estimate of drug-likeness (QED) is 0.738. The van der Waals surface area contributed by atoms with Crippen molar-refractivity contribution in [2.24, 2.45) is 0 Å². The summed E-state index contributed by atoms with van der Waals surface area (Å²) in [6, 6.07) is 9.15. The maximum atomic E-state index is 12.8. The molecular formula is C20H28N4O3S. The van der Waals surface area contributed by atoms with Crippen molar-refractivity contribution in [3.8, 4) is 0 Å². The van der Waals surface area contributed by atoms with Gasteiger partial charge in [-0.2, -0.15) is 5.10 Å². The highest BCUT2D eigenvalue weighted by Gasteiger charge is 2.29. The standard InChI is InChI=1S/C20H28N4O3S/c1-17-13-21-24(14-17)15-20(25)23-11-6-9-19(10-12-23)22(2)28(26,27)16-18-7-4-3-5-8-18/h3-5,7-8,13-14,19H,6,9-12,15-16H2,1-2H3. The van der Waals surface area contributed by atoms with Gasteiger partial charge in [-0.3, -0.25) is 9.48 Å². The Morgan fingerprint density at radius 1 is 1.21 bits per heavy atom. The number of benzene rings is 1. The van der Waals surface area contributed by atoms with E-state index in [0.717, 1.165) is 24.0 Å². The number of amides is 1. The summed E-state index contributed by atoms with van der Waals surface area (Å²) in [5, 5.41) is 4.17. The second-order valence-electron chi connectivity index (χ2n) is 7.44. The molecule has 28 heavy (non-hydrogen) atoms. The maximum Gasteiger partial charge on any atom is 0.244 e. The van der Waals surface area contributed by atoms with Gasteiger partial charge in [0.15, 0.2) is 0 Å². The van der Waals surface area contributed by atoms with Crippen LogP contribution in [0.5, 0.6) is 0 Å². The predicted molar refractivity (Wildman–Crippen MR) is 108 cm³/mol. The normalized spacial score (nSPS) is 18.2. The molecule has 1 aromatic carbocycles. The fourth-order valence-corrected chi connectivity index (χ4v) is 5.08. The first-order valence-electron chi connectivity index (χ1n) is 9.61. The molecule has 1 aliphatic rings. The first kappa shape index (κ1) is 20.5. The van der Waals surface area contributed by atoms with Crippen molar-refractivity contribution in [1.29, 1.82) is 0 Å². The lowest BCUT2D eigenvalue weighted by atomic mass is 10.1. The lowest BCUT2D eigenvalue weighted by Gasteiger charge is -2.27. The van der Waals surface area contributed by atoms with Gasteiger partial charge in [-0.1, -0.05) is 30.3 Å². The average molecular weight is 405 g/mol. The minimum atomic E-state index is -3.40. The Kier molecular flexibility index (Phi) is 6.51. The SMILES string of the molecule is Cc1cnn(CC(=O)N2CCCC(N(C)S(=O)(=O)Cc3ccccc3)CC2)c1. The molecular weight excluding hydrogens is 376 g/mol. The third-order valence-corrected chi connectivity index (χ3v) is 7.13. The van der Waals surface area contributed by atoms with Crippen molar-refractivity contribution in [3.63, 3.8) is 0 Å². The minimum Gasteiger partial charge on any atom is -0.341 e. The predicted octanol–water partition coefficient (Wildman–Crippen LogP) is 2.03. The van der Waals surface area contributed by atoms with Gasteiger partial charge in [-0.25, -0.2) is 12.7 Å². The van der Waals surface area contributed by atoms with E-state index in [-0.39, 0.29) is 24.2 Å². The number of aryl methyl sites for hydroxylation is 1. The van der Waals surface area contributed by atoms with Crippen LogP contribution < -0.4 is 0 Å². The van der Waals surface area contributed by atoms with Gasteiger partial charge in [-0.15, -0.1) is 0 Å². The van der Waals surface area contributed by atoms with Crippen molar-refractivity contribution in [2.45, 2.75) is 44.5 Å². The average Bonchev–Trinajstić information content (AvgIpc) is 2.92. The molecule has 152 valence electrons. The topological polar surface area (TPSA) is 75.5 Å². The molecule has 0 radical (unpaired) electrons. The summed E-state index contributed by atoms with van der Waals surface area (Å²) >= 11 is 0. The van der Waals surface area contributed by atoms with Crippen LogP contribution in [-0.2, 0) is 27.1 Å². The van der Waals surface area contributed by atoms with Gasteiger partial charge in [0.1, 0.15) is 6.54 Å². The number of rotatable bonds is 6. The molecule has 1 atom stereocenters. The van der Waals surface area contributed by atoms with Crippen LogP contribution in [-0.4, -0.2) is 59.5 Å². The van der Waals surface area contributed by atoms with E-state index in [0.29, 0.717) is 19.5 Å². The van der Waals surface area contributed by atoms with E-state index in [1.807, 2.05) is 48.4 Å². The third-order valence-electron chi connectivity index (χ3n) is 5.25. The van der Waals surface area contributed by atoms with Crippen LogP contribution in [0, 0.1) is 6.92 Å². The lowest BCUT2D eigenvalue weighted by Crippen LogP contribution is -2.39. The molecule has 0 bridgehead atoms. The van der Waals surface area contributed by atoms with E-state index in [2.05, 4.69) is 5.10 Å². The van der Waals surface area contributed by atoms with E-state index in [1.54, 1.807) is 17.9 Å². The Morgan fingerprint density at radius 3 is 2.64 bits per heavy atom. The van der Waals surface area contributed by atoms with Crippen molar-refractivity contribution < 1.29 is 13.2 Å². The van der Waals surface area contributed by atoms with Gasteiger partial charge in [0, 0.05) is 32.4 Å². The summed E-state index contributed by atoms with van der Waals surface area (Å²) in [4.78, 5) is 14.4. The second-order valence-corrected chi connectivity index (χ2v) is 9.47. The van der Waals surface area contributed by atoms with Crippen molar-refractivity contribution in [1.82, 2.24) is 19.0 Å². The molecule has 0 spiro atoms. The zero-order chi connectivity index (χ0) is 20.1. The molecule has 0 aliphatic carbocycles. The highest BCUT2D eigenvalue weighted by Crippen LogP contribution is 2.21. The first-order chi connectivity index (χ1) is 13.3. The Bertz CT molecular complexity index is 895. The third kappa shape index (κ3) is 5.20. The monoisotopic (exact) mass is 404 g/mol. The molecule has 0 N–H and O–H groups in total. The molecule has 7 nitrogen and oxygen atoms in total. The molecule has 0 saturated carbocycles. The molecule has 1 unspecified atom stereocenters. The van der Waals surface area contributed by atoms with Crippen LogP contribution in [0.15, 0.2) is 42.7 Å².